The lowest BCUT2D eigenvalue weighted by Crippen LogP contribution is -2.53. The Kier molecular flexibility index (Phi) is 4.20. The Morgan fingerprint density at radius 2 is 1.67 bits per heavy atom. The summed E-state index contributed by atoms with van der Waals surface area (Å²) in [4.78, 5) is 19.7. The molecule has 1 aromatic rings. The summed E-state index contributed by atoms with van der Waals surface area (Å²) in [6.07, 6.45) is 1.22. The minimum Gasteiger partial charge on any atom is -0.325 e. The van der Waals surface area contributed by atoms with Crippen molar-refractivity contribution in [3.05, 3.63) is 16.6 Å². The van der Waals surface area contributed by atoms with Crippen LogP contribution in [0.5, 0.6) is 0 Å². The van der Waals surface area contributed by atoms with Crippen molar-refractivity contribution in [1.29, 1.82) is 0 Å². The molecule has 5 nitrogen and oxygen atoms in total. The van der Waals surface area contributed by atoms with E-state index in [2.05, 4.69) is 15.3 Å². The van der Waals surface area contributed by atoms with E-state index in [1.807, 2.05) is 0 Å². The topological polar surface area (TPSA) is 80.9 Å². The van der Waals surface area contributed by atoms with Crippen LogP contribution in [0.15, 0.2) is 6.33 Å². The summed E-state index contributed by atoms with van der Waals surface area (Å²) in [5.41, 5.74) is 4.67. The molecule has 0 bridgehead atoms. The first-order valence-corrected chi connectivity index (χ1v) is 6.09. The Labute approximate surface area is 116 Å². The van der Waals surface area contributed by atoms with Gasteiger partial charge in [-0.2, -0.15) is 0 Å². The summed E-state index contributed by atoms with van der Waals surface area (Å²) in [5, 5.41) is 2.80. The van der Waals surface area contributed by atoms with Crippen LogP contribution in [0.3, 0.4) is 0 Å². The van der Waals surface area contributed by atoms with Gasteiger partial charge in [-0.05, 0) is 27.7 Å². The van der Waals surface area contributed by atoms with E-state index in [0.717, 1.165) is 0 Å². The van der Waals surface area contributed by atoms with Crippen LogP contribution in [0.25, 0.3) is 0 Å². The van der Waals surface area contributed by atoms with Gasteiger partial charge < -0.3 is 11.1 Å². The number of hydrogen-bond acceptors (Lipinski definition) is 4. The highest BCUT2D eigenvalue weighted by molar-refractivity contribution is 6.38. The highest BCUT2D eigenvalue weighted by Gasteiger charge is 2.40. The van der Waals surface area contributed by atoms with Crippen molar-refractivity contribution >= 4 is 34.8 Å². The fraction of sp³-hybridized carbons (Fsp3) is 0.545. The van der Waals surface area contributed by atoms with Crippen LogP contribution >= 0.6 is 23.2 Å². The lowest BCUT2D eigenvalue weighted by atomic mass is 9.74. The van der Waals surface area contributed by atoms with Crippen LogP contribution in [0.4, 0.5) is 5.69 Å². The lowest BCUT2D eigenvalue weighted by Gasteiger charge is -2.36. The first-order valence-electron chi connectivity index (χ1n) is 5.33. The van der Waals surface area contributed by atoms with E-state index in [1.54, 1.807) is 27.7 Å². The Hall–Kier alpha value is -0.910. The molecule has 0 spiro atoms. The third-order valence-corrected chi connectivity index (χ3v) is 3.74. The van der Waals surface area contributed by atoms with Crippen LogP contribution in [0.1, 0.15) is 27.7 Å². The van der Waals surface area contributed by atoms with E-state index < -0.39 is 11.0 Å². The van der Waals surface area contributed by atoms with Crippen molar-refractivity contribution in [2.24, 2.45) is 11.1 Å². The fourth-order valence-corrected chi connectivity index (χ4v) is 1.42. The molecular weight excluding hydrogens is 275 g/mol. The standard InChI is InChI=1S/C11H16Cl2N4O/c1-10(2,11(3,4)14)9(18)17-6-7(12)15-5-16-8(6)13/h5H,14H2,1-4H3,(H,17,18). The molecule has 7 heteroatoms. The molecule has 1 heterocycles. The van der Waals surface area contributed by atoms with E-state index in [4.69, 9.17) is 28.9 Å². The van der Waals surface area contributed by atoms with Crippen LogP contribution in [0.2, 0.25) is 10.3 Å². The van der Waals surface area contributed by atoms with Gasteiger partial charge in [0, 0.05) is 5.54 Å². The van der Waals surface area contributed by atoms with Gasteiger partial charge in [0.25, 0.3) is 0 Å². The molecule has 1 aromatic heterocycles. The SMILES string of the molecule is CC(C)(N)C(C)(C)C(=O)Nc1c(Cl)ncnc1Cl. The summed E-state index contributed by atoms with van der Waals surface area (Å²) in [6.45, 7) is 7.04. The normalized spacial score (nSPS) is 12.4. The second-order valence-corrected chi connectivity index (χ2v) is 5.85. The molecule has 0 unspecified atom stereocenters. The third kappa shape index (κ3) is 2.91. The molecular formula is C11H16Cl2N4O. The maximum absolute atomic E-state index is 12.2. The first kappa shape index (κ1) is 15.1. The van der Waals surface area contributed by atoms with Crippen molar-refractivity contribution in [1.82, 2.24) is 9.97 Å². The van der Waals surface area contributed by atoms with E-state index in [0.29, 0.717) is 0 Å². The van der Waals surface area contributed by atoms with Gasteiger partial charge in [0.15, 0.2) is 10.3 Å². The number of carbonyl (C=O) groups is 1. The largest absolute Gasteiger partial charge is 0.325 e. The quantitative estimate of drug-likeness (QED) is 0.838. The Morgan fingerprint density at radius 3 is 2.06 bits per heavy atom. The second kappa shape index (κ2) is 4.99. The minimum absolute atomic E-state index is 0.0916. The van der Waals surface area contributed by atoms with Gasteiger partial charge in [-0.15, -0.1) is 0 Å². The van der Waals surface area contributed by atoms with Crippen molar-refractivity contribution in [3.63, 3.8) is 0 Å². The van der Waals surface area contributed by atoms with Gasteiger partial charge >= 0.3 is 0 Å². The maximum atomic E-state index is 12.2. The summed E-state index contributed by atoms with van der Waals surface area (Å²) in [5.74, 6) is -0.298. The highest BCUT2D eigenvalue weighted by Crippen LogP contribution is 2.32. The molecule has 0 fully saturated rings. The number of hydrogen-bond donors (Lipinski definition) is 2. The predicted octanol–water partition coefficient (Wildman–Crippen LogP) is 2.49. The summed E-state index contributed by atoms with van der Waals surface area (Å²) >= 11 is 11.7. The Balaban J connectivity index is 3.03. The van der Waals surface area contributed by atoms with Gasteiger partial charge in [-0.1, -0.05) is 23.2 Å². The van der Waals surface area contributed by atoms with Gasteiger partial charge in [0.1, 0.15) is 12.0 Å². The van der Waals surface area contributed by atoms with Gasteiger partial charge in [-0.3, -0.25) is 4.79 Å². The number of nitrogens with zero attached hydrogens (tertiary/aromatic N) is 2. The van der Waals surface area contributed by atoms with Gasteiger partial charge in [-0.25, -0.2) is 9.97 Å². The van der Waals surface area contributed by atoms with Gasteiger partial charge in [0.2, 0.25) is 5.91 Å². The maximum Gasteiger partial charge on any atom is 0.232 e. The number of carbonyl (C=O) groups excluding carboxylic acids is 1. The molecule has 1 rings (SSSR count). The number of rotatable bonds is 3. The summed E-state index contributed by atoms with van der Waals surface area (Å²) in [7, 11) is 0. The minimum atomic E-state index is -0.810. The number of amides is 1. The third-order valence-electron chi connectivity index (χ3n) is 3.17. The molecule has 1 amide bonds. The first-order chi connectivity index (χ1) is 8.07. The van der Waals surface area contributed by atoms with E-state index in [-0.39, 0.29) is 21.9 Å². The van der Waals surface area contributed by atoms with E-state index >= 15 is 0 Å². The molecule has 0 saturated heterocycles. The number of halogens is 2. The molecule has 0 aromatic carbocycles. The number of aromatic nitrogens is 2. The van der Waals surface area contributed by atoms with Crippen molar-refractivity contribution in [2.45, 2.75) is 33.2 Å². The number of nitrogens with two attached hydrogens (primary N) is 1. The molecule has 0 radical (unpaired) electrons. The highest BCUT2D eigenvalue weighted by atomic mass is 35.5. The van der Waals surface area contributed by atoms with E-state index in [9.17, 15) is 4.79 Å². The van der Waals surface area contributed by atoms with Crippen LogP contribution in [-0.4, -0.2) is 21.4 Å². The second-order valence-electron chi connectivity index (χ2n) is 5.13. The molecule has 0 aliphatic rings. The Morgan fingerprint density at radius 1 is 1.22 bits per heavy atom. The van der Waals surface area contributed by atoms with Crippen molar-refractivity contribution < 1.29 is 4.79 Å². The predicted molar refractivity (Wildman–Crippen MR) is 72.7 cm³/mol. The monoisotopic (exact) mass is 290 g/mol. The summed E-state index contributed by atoms with van der Waals surface area (Å²) in [6, 6.07) is 0. The van der Waals surface area contributed by atoms with Crippen molar-refractivity contribution in [2.75, 3.05) is 5.32 Å². The van der Waals surface area contributed by atoms with E-state index in [1.165, 1.54) is 6.33 Å². The van der Waals surface area contributed by atoms with Crippen molar-refractivity contribution in [3.8, 4) is 0 Å². The zero-order chi connectivity index (χ0) is 14.1. The molecule has 0 atom stereocenters. The molecule has 100 valence electrons. The average molecular weight is 291 g/mol. The zero-order valence-electron chi connectivity index (χ0n) is 10.7. The van der Waals surface area contributed by atoms with Crippen LogP contribution in [0, 0.1) is 5.41 Å². The van der Waals surface area contributed by atoms with Crippen LogP contribution in [-0.2, 0) is 4.79 Å². The summed E-state index contributed by atoms with van der Waals surface area (Å²) < 4.78 is 0. The number of anilines is 1. The molecule has 0 aliphatic heterocycles. The lowest BCUT2D eigenvalue weighted by molar-refractivity contribution is -0.126. The molecule has 0 saturated carbocycles. The smallest absolute Gasteiger partial charge is 0.232 e. The van der Waals surface area contributed by atoms with Gasteiger partial charge in [0.05, 0.1) is 5.41 Å². The molecule has 3 N–H and O–H groups in total. The molecule has 18 heavy (non-hydrogen) atoms. The molecule has 0 aliphatic carbocycles. The number of nitrogens with one attached hydrogen (secondary N) is 1. The fourth-order valence-electron chi connectivity index (χ4n) is 1.01. The Bertz CT molecular complexity index is 448. The van der Waals surface area contributed by atoms with Crippen LogP contribution < -0.4 is 11.1 Å². The average Bonchev–Trinajstić information content (AvgIpc) is 2.21. The zero-order valence-corrected chi connectivity index (χ0v) is 12.2.